The van der Waals surface area contributed by atoms with Crippen LogP contribution in [0.25, 0.3) is 0 Å². The fourth-order valence-electron chi connectivity index (χ4n) is 4.97. The molecule has 38 heavy (non-hydrogen) atoms. The van der Waals surface area contributed by atoms with Crippen molar-refractivity contribution in [1.82, 2.24) is 14.7 Å². The van der Waals surface area contributed by atoms with Crippen molar-refractivity contribution in [3.05, 3.63) is 64.8 Å². The summed E-state index contributed by atoms with van der Waals surface area (Å²) in [5.74, 6) is 0.329. The lowest BCUT2D eigenvalue weighted by Gasteiger charge is -2.35. The van der Waals surface area contributed by atoms with E-state index < -0.39 is 24.2 Å². The zero-order valence-corrected chi connectivity index (χ0v) is 21.6. The van der Waals surface area contributed by atoms with Gasteiger partial charge in [0, 0.05) is 38.3 Å². The Bertz CT molecular complexity index is 1310. The molecule has 0 unspecified atom stereocenters. The highest BCUT2D eigenvalue weighted by molar-refractivity contribution is 6.36. The van der Waals surface area contributed by atoms with Crippen LogP contribution in [0.2, 0.25) is 5.02 Å². The van der Waals surface area contributed by atoms with Gasteiger partial charge in [0.2, 0.25) is 0 Å². The number of nitrogens with one attached hydrogen (secondary N) is 1. The van der Waals surface area contributed by atoms with E-state index in [1.54, 1.807) is 23.1 Å². The number of halogens is 4. The van der Waals surface area contributed by atoms with Crippen molar-refractivity contribution in [3.63, 3.8) is 0 Å². The third kappa shape index (κ3) is 4.82. The predicted molar refractivity (Wildman–Crippen MR) is 137 cm³/mol. The van der Waals surface area contributed by atoms with Crippen LogP contribution < -0.4 is 19.7 Å². The molecular formula is C26H27ClF3N5O3. The smallest absolute Gasteiger partial charge is 0.410 e. The van der Waals surface area contributed by atoms with E-state index in [4.69, 9.17) is 21.1 Å². The number of anilines is 2. The Morgan fingerprint density at radius 3 is 2.34 bits per heavy atom. The molecule has 0 saturated carbocycles. The lowest BCUT2D eigenvalue weighted by molar-refractivity contribution is -0.173. The summed E-state index contributed by atoms with van der Waals surface area (Å²) in [4.78, 5) is 17.1. The van der Waals surface area contributed by atoms with Crippen LogP contribution in [-0.2, 0) is 0 Å². The lowest BCUT2D eigenvalue weighted by atomic mass is 9.96. The molecule has 1 N–H and O–H groups in total. The Morgan fingerprint density at radius 1 is 1.03 bits per heavy atom. The molecular weight excluding hydrogens is 523 g/mol. The van der Waals surface area contributed by atoms with E-state index in [1.807, 2.05) is 30.3 Å². The minimum absolute atomic E-state index is 0.0358. The predicted octanol–water partition coefficient (Wildman–Crippen LogP) is 5.18. The number of ether oxygens (including phenoxy) is 2. The van der Waals surface area contributed by atoms with Crippen molar-refractivity contribution in [1.29, 1.82) is 0 Å². The molecule has 0 bridgehead atoms. The Balaban J connectivity index is 1.41. The SMILES string of the molecule is COc1ccc([C@@H]2C[C@H](C(F)(F)F)n3nc(C(=O)N4CCN(c5ccccc5)CC4)c(Cl)c3N2)cc1OC. The molecule has 2 atom stereocenters. The topological polar surface area (TPSA) is 71.9 Å². The number of benzene rings is 2. The molecule has 0 aliphatic carbocycles. The number of piperazine rings is 1. The summed E-state index contributed by atoms with van der Waals surface area (Å²) >= 11 is 6.54. The van der Waals surface area contributed by atoms with Gasteiger partial charge in [0.25, 0.3) is 5.91 Å². The molecule has 5 rings (SSSR count). The Hall–Kier alpha value is -3.60. The summed E-state index contributed by atoms with van der Waals surface area (Å²) < 4.78 is 54.0. The van der Waals surface area contributed by atoms with Crippen molar-refractivity contribution in [2.75, 3.05) is 50.6 Å². The largest absolute Gasteiger partial charge is 0.493 e. The molecule has 1 amide bonds. The van der Waals surface area contributed by atoms with Gasteiger partial charge in [-0.05, 0) is 29.8 Å². The molecule has 1 aromatic heterocycles. The zero-order chi connectivity index (χ0) is 27.0. The van der Waals surface area contributed by atoms with Crippen molar-refractivity contribution in [3.8, 4) is 11.5 Å². The van der Waals surface area contributed by atoms with E-state index in [0.717, 1.165) is 10.4 Å². The van der Waals surface area contributed by atoms with Crippen LogP contribution in [0.5, 0.6) is 11.5 Å². The summed E-state index contributed by atoms with van der Waals surface area (Å²) in [6, 6.07) is 12.0. The van der Waals surface area contributed by atoms with Gasteiger partial charge in [0.15, 0.2) is 23.2 Å². The van der Waals surface area contributed by atoms with Gasteiger partial charge in [0.05, 0.1) is 20.3 Å². The van der Waals surface area contributed by atoms with Crippen molar-refractivity contribution < 1.29 is 27.4 Å². The molecule has 12 heteroatoms. The third-order valence-electron chi connectivity index (χ3n) is 7.00. The number of hydrogen-bond donors (Lipinski definition) is 1. The number of para-hydroxylation sites is 1. The highest BCUT2D eigenvalue weighted by Gasteiger charge is 2.48. The molecule has 0 radical (unpaired) electrons. The monoisotopic (exact) mass is 549 g/mol. The second-order valence-electron chi connectivity index (χ2n) is 9.18. The average Bonchev–Trinajstić information content (AvgIpc) is 3.27. The fraction of sp³-hybridized carbons (Fsp3) is 0.385. The number of methoxy groups -OCH3 is 2. The minimum Gasteiger partial charge on any atom is -0.493 e. The Kier molecular flexibility index (Phi) is 7.04. The number of hydrogen-bond acceptors (Lipinski definition) is 6. The molecule has 8 nitrogen and oxygen atoms in total. The zero-order valence-electron chi connectivity index (χ0n) is 20.8. The molecule has 1 fully saturated rings. The van der Waals surface area contributed by atoms with Crippen LogP contribution in [0.4, 0.5) is 24.7 Å². The van der Waals surface area contributed by atoms with Gasteiger partial charge in [-0.25, -0.2) is 4.68 Å². The number of amides is 1. The number of carbonyl (C=O) groups is 1. The van der Waals surface area contributed by atoms with E-state index in [-0.39, 0.29) is 23.0 Å². The first-order valence-electron chi connectivity index (χ1n) is 12.1. The first-order chi connectivity index (χ1) is 18.2. The first kappa shape index (κ1) is 26.0. The van der Waals surface area contributed by atoms with Crippen molar-refractivity contribution in [2.45, 2.75) is 24.7 Å². The number of aromatic nitrogens is 2. The number of fused-ring (bicyclic) bond motifs is 1. The van der Waals surface area contributed by atoms with Crippen molar-refractivity contribution in [2.24, 2.45) is 0 Å². The molecule has 0 spiro atoms. The number of rotatable bonds is 5. The minimum atomic E-state index is -4.61. The molecule has 2 aromatic carbocycles. The summed E-state index contributed by atoms with van der Waals surface area (Å²) in [5.41, 5.74) is 1.42. The molecule has 3 aromatic rings. The van der Waals surface area contributed by atoms with E-state index in [0.29, 0.717) is 43.2 Å². The fourth-order valence-corrected chi connectivity index (χ4v) is 5.23. The highest BCUT2D eigenvalue weighted by Crippen LogP contribution is 2.47. The van der Waals surface area contributed by atoms with Crippen LogP contribution in [0.3, 0.4) is 0 Å². The highest BCUT2D eigenvalue weighted by atomic mass is 35.5. The van der Waals surface area contributed by atoms with Crippen LogP contribution in [0.15, 0.2) is 48.5 Å². The third-order valence-corrected chi connectivity index (χ3v) is 7.35. The molecule has 2 aliphatic heterocycles. The Labute approximate surface area is 222 Å². The van der Waals surface area contributed by atoms with Crippen LogP contribution in [0, 0.1) is 0 Å². The van der Waals surface area contributed by atoms with Crippen molar-refractivity contribution >= 4 is 29.0 Å². The number of alkyl halides is 3. The van der Waals surface area contributed by atoms with Gasteiger partial charge in [0.1, 0.15) is 10.8 Å². The van der Waals surface area contributed by atoms with E-state index >= 15 is 0 Å². The van der Waals surface area contributed by atoms with Gasteiger partial charge in [-0.1, -0.05) is 35.9 Å². The summed E-state index contributed by atoms with van der Waals surface area (Å²) in [6.45, 7) is 1.98. The number of nitrogens with zero attached hydrogens (tertiary/aromatic N) is 4. The normalized spacial score (nSPS) is 19.5. The quantitative estimate of drug-likeness (QED) is 0.473. The van der Waals surface area contributed by atoms with Crippen LogP contribution >= 0.6 is 11.6 Å². The van der Waals surface area contributed by atoms with Gasteiger partial charge in [-0.15, -0.1) is 0 Å². The summed E-state index contributed by atoms with van der Waals surface area (Å²) in [5, 5.41) is 7.04. The Morgan fingerprint density at radius 2 is 1.71 bits per heavy atom. The van der Waals surface area contributed by atoms with Gasteiger partial charge < -0.3 is 24.6 Å². The van der Waals surface area contributed by atoms with Crippen LogP contribution in [0.1, 0.15) is 34.6 Å². The van der Waals surface area contributed by atoms with E-state index in [2.05, 4.69) is 15.3 Å². The molecule has 2 aliphatic rings. The summed E-state index contributed by atoms with van der Waals surface area (Å²) in [7, 11) is 2.94. The molecule has 3 heterocycles. The number of carbonyl (C=O) groups excluding carboxylic acids is 1. The molecule has 202 valence electrons. The van der Waals surface area contributed by atoms with Gasteiger partial charge >= 0.3 is 6.18 Å². The summed E-state index contributed by atoms with van der Waals surface area (Å²) in [6.07, 6.45) is -4.95. The second-order valence-corrected chi connectivity index (χ2v) is 9.55. The maximum absolute atomic E-state index is 14.2. The van der Waals surface area contributed by atoms with E-state index in [9.17, 15) is 18.0 Å². The standard InChI is InChI=1S/C26H27ClF3N5O3/c1-37-19-9-8-16(14-20(19)38-2)18-15-21(26(28,29)30)35-24(31-18)22(27)23(32-35)25(36)34-12-10-33(11-13-34)17-6-4-3-5-7-17/h3-9,14,18,21,31H,10-13,15H2,1-2H3/t18-,21+/m0/s1. The molecule has 1 saturated heterocycles. The van der Waals surface area contributed by atoms with E-state index in [1.165, 1.54) is 14.2 Å². The maximum Gasteiger partial charge on any atom is 0.410 e. The lowest BCUT2D eigenvalue weighted by Crippen LogP contribution is -2.49. The van der Waals surface area contributed by atoms with Gasteiger partial charge in [-0.2, -0.15) is 18.3 Å². The second kappa shape index (κ2) is 10.3. The van der Waals surface area contributed by atoms with Crippen LogP contribution in [-0.4, -0.2) is 67.2 Å². The average molecular weight is 550 g/mol. The van der Waals surface area contributed by atoms with Gasteiger partial charge in [-0.3, -0.25) is 4.79 Å². The maximum atomic E-state index is 14.2. The first-order valence-corrected chi connectivity index (χ1v) is 12.5.